The van der Waals surface area contributed by atoms with E-state index in [1.54, 1.807) is 6.07 Å². The van der Waals surface area contributed by atoms with Crippen LogP contribution in [0, 0.1) is 19.7 Å². The highest BCUT2D eigenvalue weighted by atomic mass is 19.1. The lowest BCUT2D eigenvalue weighted by Gasteiger charge is -2.25. The van der Waals surface area contributed by atoms with Crippen molar-refractivity contribution in [3.63, 3.8) is 0 Å². The van der Waals surface area contributed by atoms with Gasteiger partial charge in [-0.3, -0.25) is 0 Å². The summed E-state index contributed by atoms with van der Waals surface area (Å²) in [5.74, 6) is -0.171. The van der Waals surface area contributed by atoms with Gasteiger partial charge in [-0.2, -0.15) is 0 Å². The van der Waals surface area contributed by atoms with E-state index in [1.165, 1.54) is 34.0 Å². The number of fused-ring (bicyclic) bond motifs is 3. The molecule has 0 aliphatic carbocycles. The van der Waals surface area contributed by atoms with Gasteiger partial charge in [0.1, 0.15) is 5.82 Å². The summed E-state index contributed by atoms with van der Waals surface area (Å²) in [5, 5.41) is 4.61. The minimum Gasteiger partial charge on any atom is -0.357 e. The van der Waals surface area contributed by atoms with Crippen molar-refractivity contribution in [3.05, 3.63) is 70.2 Å². The number of benzene rings is 2. The van der Waals surface area contributed by atoms with E-state index in [-0.39, 0.29) is 11.9 Å². The fourth-order valence-electron chi connectivity index (χ4n) is 3.43. The zero-order valence-electron chi connectivity index (χ0n) is 12.8. The summed E-state index contributed by atoms with van der Waals surface area (Å²) < 4.78 is 13.6. The number of aromatic nitrogens is 1. The molecule has 2 N–H and O–H groups in total. The van der Waals surface area contributed by atoms with Crippen LogP contribution in [0.25, 0.3) is 10.9 Å². The third-order valence-electron chi connectivity index (χ3n) is 4.78. The Bertz CT molecular complexity index is 863. The zero-order valence-corrected chi connectivity index (χ0v) is 12.8. The third-order valence-corrected chi connectivity index (χ3v) is 4.78. The van der Waals surface area contributed by atoms with E-state index in [4.69, 9.17) is 0 Å². The maximum atomic E-state index is 13.6. The van der Waals surface area contributed by atoms with Crippen molar-refractivity contribution in [1.82, 2.24) is 10.3 Å². The number of hydrogen-bond donors (Lipinski definition) is 2. The molecule has 0 bridgehead atoms. The Morgan fingerprint density at radius 1 is 1.05 bits per heavy atom. The van der Waals surface area contributed by atoms with Gasteiger partial charge in [0.05, 0.1) is 6.04 Å². The highest BCUT2D eigenvalue weighted by Gasteiger charge is 2.25. The average molecular weight is 294 g/mol. The monoisotopic (exact) mass is 294 g/mol. The summed E-state index contributed by atoms with van der Waals surface area (Å²) in [4.78, 5) is 3.50. The molecule has 0 saturated heterocycles. The molecule has 0 spiro atoms. The lowest BCUT2D eigenvalue weighted by atomic mass is 9.92. The highest BCUT2D eigenvalue weighted by molar-refractivity contribution is 5.85. The van der Waals surface area contributed by atoms with E-state index in [9.17, 15) is 4.39 Å². The molecule has 1 aliphatic rings. The molecular weight excluding hydrogens is 275 g/mol. The molecule has 0 radical (unpaired) electrons. The number of H-pyrrole nitrogens is 1. The summed E-state index contributed by atoms with van der Waals surface area (Å²) in [5.41, 5.74) is 7.30. The van der Waals surface area contributed by atoms with Gasteiger partial charge in [-0.05, 0) is 60.7 Å². The molecular formula is C19H19FN2. The molecule has 1 unspecified atom stereocenters. The van der Waals surface area contributed by atoms with Crippen LogP contribution in [0.1, 0.15) is 34.0 Å². The molecule has 2 aromatic carbocycles. The van der Waals surface area contributed by atoms with E-state index in [0.29, 0.717) is 0 Å². The molecule has 112 valence electrons. The fraction of sp³-hybridized carbons (Fsp3) is 0.263. The van der Waals surface area contributed by atoms with E-state index < -0.39 is 0 Å². The van der Waals surface area contributed by atoms with Gasteiger partial charge in [0.2, 0.25) is 0 Å². The topological polar surface area (TPSA) is 27.8 Å². The molecule has 3 aromatic rings. The second-order valence-corrected chi connectivity index (χ2v) is 6.19. The number of aryl methyl sites for hydroxylation is 2. The molecule has 1 aromatic heterocycles. The Labute approximate surface area is 129 Å². The molecule has 1 atom stereocenters. The van der Waals surface area contributed by atoms with Crippen molar-refractivity contribution in [1.29, 1.82) is 0 Å². The number of hydrogen-bond acceptors (Lipinski definition) is 1. The van der Waals surface area contributed by atoms with E-state index in [2.05, 4.69) is 42.3 Å². The van der Waals surface area contributed by atoms with Crippen LogP contribution in [0.15, 0.2) is 36.4 Å². The first-order valence-electron chi connectivity index (χ1n) is 7.74. The van der Waals surface area contributed by atoms with Crippen LogP contribution in [-0.2, 0) is 6.42 Å². The van der Waals surface area contributed by atoms with Gasteiger partial charge >= 0.3 is 0 Å². The third kappa shape index (κ3) is 2.04. The van der Waals surface area contributed by atoms with Crippen LogP contribution < -0.4 is 5.32 Å². The molecule has 0 fully saturated rings. The quantitative estimate of drug-likeness (QED) is 0.693. The predicted octanol–water partition coefficient (Wildman–Crippen LogP) is 4.16. The molecule has 2 nitrogen and oxygen atoms in total. The second kappa shape index (κ2) is 4.96. The standard InChI is InChI=1S/C19H19FN2/c1-11-3-4-13(9-12(11)2)18-19-15(7-8-21-18)16-10-14(20)5-6-17(16)22-19/h3-6,9-10,18,21-22H,7-8H2,1-2H3. The smallest absolute Gasteiger partial charge is 0.123 e. The van der Waals surface area contributed by atoms with E-state index in [0.717, 1.165) is 23.9 Å². The zero-order chi connectivity index (χ0) is 15.3. The van der Waals surface area contributed by atoms with Crippen molar-refractivity contribution in [2.75, 3.05) is 6.54 Å². The van der Waals surface area contributed by atoms with Crippen molar-refractivity contribution in [3.8, 4) is 0 Å². The largest absolute Gasteiger partial charge is 0.357 e. The Morgan fingerprint density at radius 2 is 1.91 bits per heavy atom. The van der Waals surface area contributed by atoms with Crippen LogP contribution >= 0.6 is 0 Å². The van der Waals surface area contributed by atoms with Crippen molar-refractivity contribution in [2.24, 2.45) is 0 Å². The molecule has 1 aliphatic heterocycles. The summed E-state index contributed by atoms with van der Waals surface area (Å²) in [7, 11) is 0. The van der Waals surface area contributed by atoms with Crippen LogP contribution in [-0.4, -0.2) is 11.5 Å². The molecule has 0 amide bonds. The lowest BCUT2D eigenvalue weighted by Crippen LogP contribution is -2.30. The number of halogens is 1. The normalized spacial score (nSPS) is 17.7. The van der Waals surface area contributed by atoms with Crippen LogP contribution in [0.5, 0.6) is 0 Å². The Kier molecular flexibility index (Phi) is 3.05. The molecule has 22 heavy (non-hydrogen) atoms. The van der Waals surface area contributed by atoms with Crippen LogP contribution in [0.3, 0.4) is 0 Å². The summed E-state index contributed by atoms with van der Waals surface area (Å²) in [6.45, 7) is 5.18. The molecule has 0 saturated carbocycles. The SMILES string of the molecule is Cc1ccc(C2NCCc3c2[nH]c2ccc(F)cc32)cc1C. The minimum absolute atomic E-state index is 0.151. The number of nitrogens with one attached hydrogen (secondary N) is 2. The highest BCUT2D eigenvalue weighted by Crippen LogP contribution is 2.34. The van der Waals surface area contributed by atoms with Gasteiger partial charge in [0.15, 0.2) is 0 Å². The van der Waals surface area contributed by atoms with E-state index >= 15 is 0 Å². The second-order valence-electron chi connectivity index (χ2n) is 6.19. The van der Waals surface area contributed by atoms with Gasteiger partial charge < -0.3 is 10.3 Å². The molecule has 3 heteroatoms. The van der Waals surface area contributed by atoms with E-state index in [1.807, 2.05) is 6.07 Å². The Balaban J connectivity index is 1.88. The van der Waals surface area contributed by atoms with Gasteiger partial charge in [0.25, 0.3) is 0 Å². The average Bonchev–Trinajstić information content (AvgIpc) is 2.88. The van der Waals surface area contributed by atoms with Gasteiger partial charge in [-0.25, -0.2) is 4.39 Å². The summed E-state index contributed by atoms with van der Waals surface area (Å²) in [6.07, 6.45) is 0.931. The minimum atomic E-state index is -0.171. The van der Waals surface area contributed by atoms with Gasteiger partial charge in [0, 0.05) is 23.1 Å². The molecule has 4 rings (SSSR count). The maximum absolute atomic E-state index is 13.6. The summed E-state index contributed by atoms with van der Waals surface area (Å²) >= 11 is 0. The number of rotatable bonds is 1. The van der Waals surface area contributed by atoms with Crippen molar-refractivity contribution < 1.29 is 4.39 Å². The van der Waals surface area contributed by atoms with Crippen molar-refractivity contribution in [2.45, 2.75) is 26.3 Å². The van der Waals surface area contributed by atoms with Gasteiger partial charge in [-0.15, -0.1) is 0 Å². The van der Waals surface area contributed by atoms with Gasteiger partial charge in [-0.1, -0.05) is 18.2 Å². The first-order chi connectivity index (χ1) is 10.6. The van der Waals surface area contributed by atoms with Crippen LogP contribution in [0.4, 0.5) is 4.39 Å². The van der Waals surface area contributed by atoms with Crippen molar-refractivity contribution >= 4 is 10.9 Å². The predicted molar refractivity (Wildman–Crippen MR) is 87.7 cm³/mol. The lowest BCUT2D eigenvalue weighted by molar-refractivity contribution is 0.560. The first-order valence-corrected chi connectivity index (χ1v) is 7.74. The Hall–Kier alpha value is -2.13. The summed E-state index contributed by atoms with van der Waals surface area (Å²) in [6, 6.07) is 11.7. The number of aromatic amines is 1. The molecule has 2 heterocycles. The maximum Gasteiger partial charge on any atom is 0.123 e. The first kappa shape index (κ1) is 13.5. The Morgan fingerprint density at radius 3 is 2.73 bits per heavy atom. The fourth-order valence-corrected chi connectivity index (χ4v) is 3.43. The van der Waals surface area contributed by atoms with Crippen LogP contribution in [0.2, 0.25) is 0 Å².